The first-order chi connectivity index (χ1) is 10.8. The average molecular weight is 303 g/mol. The molecule has 22 heavy (non-hydrogen) atoms. The lowest BCUT2D eigenvalue weighted by Crippen LogP contribution is -1.90. The monoisotopic (exact) mass is 303 g/mol. The summed E-state index contributed by atoms with van der Waals surface area (Å²) in [6.45, 7) is 2.20. The molecule has 4 rings (SSSR count). The van der Waals surface area contributed by atoms with Crippen LogP contribution >= 0.6 is 11.3 Å². The van der Waals surface area contributed by atoms with E-state index in [0.717, 1.165) is 6.42 Å². The van der Waals surface area contributed by atoms with Gasteiger partial charge >= 0.3 is 0 Å². The molecule has 4 aromatic rings. The highest BCUT2D eigenvalue weighted by atomic mass is 32.1. The number of rotatable bonds is 3. The van der Waals surface area contributed by atoms with E-state index in [1.54, 1.807) is 0 Å². The summed E-state index contributed by atoms with van der Waals surface area (Å²) in [7, 11) is 0. The van der Waals surface area contributed by atoms with Gasteiger partial charge in [-0.05, 0) is 59.3 Å². The van der Waals surface area contributed by atoms with Crippen LogP contribution in [0.3, 0.4) is 0 Å². The van der Waals surface area contributed by atoms with Gasteiger partial charge in [0.25, 0.3) is 0 Å². The highest BCUT2D eigenvalue weighted by Crippen LogP contribution is 2.29. The van der Waals surface area contributed by atoms with E-state index in [1.807, 2.05) is 23.6 Å². The largest absolute Gasteiger partial charge is 0.361 e. The van der Waals surface area contributed by atoms with E-state index in [9.17, 15) is 0 Å². The predicted octanol–water partition coefficient (Wildman–Crippen LogP) is 5.80. The summed E-state index contributed by atoms with van der Waals surface area (Å²) in [5, 5.41) is 1.35. The summed E-state index contributed by atoms with van der Waals surface area (Å²) < 4.78 is 1.37. The third-order valence-electron chi connectivity index (χ3n) is 4.09. The van der Waals surface area contributed by atoms with Gasteiger partial charge in [-0.15, -0.1) is 11.3 Å². The second kappa shape index (κ2) is 5.47. The van der Waals surface area contributed by atoms with E-state index in [2.05, 4.69) is 66.5 Å². The molecule has 0 aliphatic heterocycles. The molecule has 0 saturated carbocycles. The molecule has 2 heterocycles. The number of benzene rings is 2. The fourth-order valence-corrected chi connectivity index (χ4v) is 3.97. The van der Waals surface area contributed by atoms with Crippen molar-refractivity contribution in [2.24, 2.45) is 0 Å². The molecule has 2 aromatic heterocycles. The molecule has 0 bridgehead atoms. The minimum Gasteiger partial charge on any atom is -0.361 e. The van der Waals surface area contributed by atoms with Crippen molar-refractivity contribution >= 4 is 21.4 Å². The maximum atomic E-state index is 3.27. The minimum absolute atomic E-state index is 1.01. The zero-order valence-electron chi connectivity index (χ0n) is 12.5. The Balaban J connectivity index is 1.65. The van der Waals surface area contributed by atoms with Crippen molar-refractivity contribution < 1.29 is 0 Å². The van der Waals surface area contributed by atoms with Crippen LogP contribution in [0.4, 0.5) is 0 Å². The van der Waals surface area contributed by atoms with Crippen LogP contribution in [0.15, 0.2) is 66.9 Å². The second-order valence-corrected chi connectivity index (χ2v) is 6.82. The number of thiophene rings is 1. The maximum absolute atomic E-state index is 3.27. The third-order valence-corrected chi connectivity index (χ3v) is 5.21. The van der Waals surface area contributed by atoms with Crippen molar-refractivity contribution in [3.05, 3.63) is 82.9 Å². The van der Waals surface area contributed by atoms with Crippen LogP contribution in [0, 0.1) is 6.92 Å². The fourth-order valence-electron chi connectivity index (χ4n) is 2.88. The normalized spacial score (nSPS) is 11.1. The first-order valence-corrected chi connectivity index (χ1v) is 8.32. The van der Waals surface area contributed by atoms with E-state index < -0.39 is 0 Å². The molecule has 0 saturated heterocycles. The van der Waals surface area contributed by atoms with Crippen molar-refractivity contribution in [1.29, 1.82) is 0 Å². The zero-order valence-corrected chi connectivity index (χ0v) is 13.3. The second-order valence-electron chi connectivity index (χ2n) is 5.65. The number of aromatic nitrogens is 1. The van der Waals surface area contributed by atoms with Crippen LogP contribution in [-0.2, 0) is 6.42 Å². The lowest BCUT2D eigenvalue weighted by Gasteiger charge is -2.07. The van der Waals surface area contributed by atoms with Crippen LogP contribution in [0.25, 0.3) is 21.3 Å². The number of hydrogen-bond acceptors (Lipinski definition) is 1. The van der Waals surface area contributed by atoms with Crippen LogP contribution in [0.2, 0.25) is 0 Å². The maximum Gasteiger partial charge on any atom is 0.0453 e. The number of H-pyrrole nitrogens is 1. The lowest BCUT2D eigenvalue weighted by atomic mass is 10.0. The standard InChI is InChI=1S/C20H17NS/c1-14-11-16(19-6-4-10-21-19)9-8-15(14)12-18-13-17-5-2-3-7-20(17)22-18/h2-11,13,21H,12H2,1H3. The zero-order chi connectivity index (χ0) is 14.9. The Morgan fingerprint density at radius 1 is 0.955 bits per heavy atom. The van der Waals surface area contributed by atoms with Crippen molar-refractivity contribution in [2.75, 3.05) is 0 Å². The van der Waals surface area contributed by atoms with Crippen LogP contribution in [0.1, 0.15) is 16.0 Å². The summed E-state index contributed by atoms with van der Waals surface area (Å²) >= 11 is 1.90. The van der Waals surface area contributed by atoms with Crippen LogP contribution in [-0.4, -0.2) is 4.98 Å². The molecular weight excluding hydrogens is 286 g/mol. The predicted molar refractivity (Wildman–Crippen MR) is 95.6 cm³/mol. The topological polar surface area (TPSA) is 15.8 Å². The van der Waals surface area contributed by atoms with Gasteiger partial charge in [0.2, 0.25) is 0 Å². The Morgan fingerprint density at radius 3 is 2.64 bits per heavy atom. The Morgan fingerprint density at radius 2 is 1.86 bits per heavy atom. The summed E-state index contributed by atoms with van der Waals surface area (Å²) in [6, 6.07) is 21.8. The molecule has 108 valence electrons. The Labute approximate surface area is 134 Å². The van der Waals surface area contributed by atoms with E-state index in [4.69, 9.17) is 0 Å². The third kappa shape index (κ3) is 2.46. The van der Waals surface area contributed by atoms with Crippen molar-refractivity contribution in [2.45, 2.75) is 13.3 Å². The quantitative estimate of drug-likeness (QED) is 0.492. The Hall–Kier alpha value is -2.32. The minimum atomic E-state index is 1.01. The van der Waals surface area contributed by atoms with Crippen molar-refractivity contribution in [1.82, 2.24) is 4.98 Å². The molecule has 0 unspecified atom stereocenters. The number of fused-ring (bicyclic) bond motifs is 1. The van der Waals surface area contributed by atoms with Crippen molar-refractivity contribution in [3.8, 4) is 11.3 Å². The van der Waals surface area contributed by atoms with Gasteiger partial charge in [0.05, 0.1) is 0 Å². The number of aromatic amines is 1. The molecule has 2 heteroatoms. The van der Waals surface area contributed by atoms with Crippen LogP contribution in [0.5, 0.6) is 0 Å². The molecule has 0 aliphatic rings. The van der Waals surface area contributed by atoms with Gasteiger partial charge in [-0.2, -0.15) is 0 Å². The lowest BCUT2D eigenvalue weighted by molar-refractivity contribution is 1.19. The highest BCUT2D eigenvalue weighted by Gasteiger charge is 2.06. The Bertz CT molecular complexity index is 883. The molecule has 1 nitrogen and oxygen atoms in total. The Kier molecular flexibility index (Phi) is 3.32. The van der Waals surface area contributed by atoms with Crippen LogP contribution < -0.4 is 0 Å². The van der Waals surface area contributed by atoms with Gasteiger partial charge in [-0.3, -0.25) is 0 Å². The summed E-state index contributed by atoms with van der Waals surface area (Å²) in [5.41, 5.74) is 5.19. The van der Waals surface area contributed by atoms with E-state index in [0.29, 0.717) is 0 Å². The summed E-state index contributed by atoms with van der Waals surface area (Å²) in [4.78, 5) is 4.70. The summed E-state index contributed by atoms with van der Waals surface area (Å²) in [5.74, 6) is 0. The number of nitrogens with one attached hydrogen (secondary N) is 1. The fraction of sp³-hybridized carbons (Fsp3) is 0.100. The van der Waals surface area contributed by atoms with Gasteiger partial charge in [0.15, 0.2) is 0 Å². The molecule has 0 spiro atoms. The SMILES string of the molecule is Cc1cc(-c2ccc[nH]2)ccc1Cc1cc2ccccc2s1. The molecule has 0 amide bonds. The van der Waals surface area contributed by atoms with Gasteiger partial charge in [0, 0.05) is 27.9 Å². The molecule has 0 aliphatic carbocycles. The smallest absolute Gasteiger partial charge is 0.0453 e. The number of aryl methyl sites for hydroxylation is 1. The van der Waals surface area contributed by atoms with E-state index in [1.165, 1.54) is 37.3 Å². The van der Waals surface area contributed by atoms with Gasteiger partial charge in [0.1, 0.15) is 0 Å². The molecule has 2 aromatic carbocycles. The first-order valence-electron chi connectivity index (χ1n) is 7.50. The highest BCUT2D eigenvalue weighted by molar-refractivity contribution is 7.19. The van der Waals surface area contributed by atoms with Gasteiger partial charge in [-0.25, -0.2) is 0 Å². The van der Waals surface area contributed by atoms with E-state index >= 15 is 0 Å². The molecule has 0 radical (unpaired) electrons. The van der Waals surface area contributed by atoms with E-state index in [-0.39, 0.29) is 0 Å². The molecule has 1 N–H and O–H groups in total. The first kappa shape index (κ1) is 13.4. The van der Waals surface area contributed by atoms with Gasteiger partial charge in [-0.1, -0.05) is 30.3 Å². The number of hydrogen-bond donors (Lipinski definition) is 1. The summed E-state index contributed by atoms with van der Waals surface area (Å²) in [6.07, 6.45) is 2.98. The van der Waals surface area contributed by atoms with Crippen molar-refractivity contribution in [3.63, 3.8) is 0 Å². The average Bonchev–Trinajstić information content (AvgIpc) is 3.17. The molecular formula is C20H17NS. The molecule has 0 atom stereocenters. The molecule has 0 fully saturated rings. The van der Waals surface area contributed by atoms with Gasteiger partial charge < -0.3 is 4.98 Å².